The first-order chi connectivity index (χ1) is 6.81. The Labute approximate surface area is 86.5 Å². The highest BCUT2D eigenvalue weighted by atomic mass is 32.2. The maximum atomic E-state index is 11.7. The molecule has 0 aliphatic carbocycles. The van der Waals surface area contributed by atoms with Gasteiger partial charge in [-0.2, -0.15) is 21.6 Å². The average Bonchev–Trinajstić information content (AvgIpc) is 2.09. The molecule has 0 rings (SSSR count). The summed E-state index contributed by atoms with van der Waals surface area (Å²) in [5.74, 6) is 0. The Morgan fingerprint density at radius 1 is 1.13 bits per heavy atom. The van der Waals surface area contributed by atoms with Gasteiger partial charge in [0.15, 0.2) is 0 Å². The summed E-state index contributed by atoms with van der Waals surface area (Å²) in [6.45, 7) is 1.51. The molecule has 0 aromatic heterocycles. The summed E-state index contributed by atoms with van der Waals surface area (Å²) >= 11 is 0. The van der Waals surface area contributed by atoms with Crippen LogP contribution in [0.25, 0.3) is 0 Å². The van der Waals surface area contributed by atoms with E-state index in [2.05, 4.69) is 4.18 Å². The molecule has 4 nitrogen and oxygen atoms in total. The molecule has 0 radical (unpaired) electrons. The number of hydrogen-bond donors (Lipinski definition) is 0. The third-order valence-corrected chi connectivity index (χ3v) is 2.44. The van der Waals surface area contributed by atoms with Gasteiger partial charge in [-0.3, -0.25) is 4.18 Å². The van der Waals surface area contributed by atoms with E-state index in [0.29, 0.717) is 6.61 Å². The Balaban J connectivity index is 3.69. The maximum absolute atomic E-state index is 11.7. The van der Waals surface area contributed by atoms with Crippen molar-refractivity contribution in [2.75, 3.05) is 19.8 Å². The summed E-state index contributed by atoms with van der Waals surface area (Å²) in [6, 6.07) is 0. The zero-order valence-electron chi connectivity index (χ0n) is 8.21. The molecule has 0 atom stereocenters. The Bertz CT molecular complexity index is 260. The van der Waals surface area contributed by atoms with Gasteiger partial charge in [0.25, 0.3) is 0 Å². The SMILES string of the molecule is CCCCOCCOS(=O)(=O)C(F)(F)F. The van der Waals surface area contributed by atoms with E-state index in [0.717, 1.165) is 12.8 Å². The Hall–Kier alpha value is -0.340. The molecule has 0 saturated heterocycles. The molecule has 0 unspecified atom stereocenters. The first kappa shape index (κ1) is 14.7. The summed E-state index contributed by atoms with van der Waals surface area (Å²) < 4.78 is 64.3. The third kappa shape index (κ3) is 5.95. The molecule has 0 spiro atoms. The minimum atomic E-state index is -5.47. The second-order valence-electron chi connectivity index (χ2n) is 2.69. The lowest BCUT2D eigenvalue weighted by atomic mass is 10.4. The van der Waals surface area contributed by atoms with E-state index < -0.39 is 22.2 Å². The molecule has 0 saturated carbocycles. The van der Waals surface area contributed by atoms with Gasteiger partial charge in [-0.1, -0.05) is 13.3 Å². The first-order valence-electron chi connectivity index (χ1n) is 4.34. The molecule has 8 heteroatoms. The molecule has 0 aromatic carbocycles. The quantitative estimate of drug-likeness (QED) is 0.392. The fraction of sp³-hybridized carbons (Fsp3) is 1.00. The van der Waals surface area contributed by atoms with Crippen LogP contribution in [0.3, 0.4) is 0 Å². The van der Waals surface area contributed by atoms with E-state index in [9.17, 15) is 21.6 Å². The van der Waals surface area contributed by atoms with Crippen molar-refractivity contribution < 1.29 is 30.5 Å². The Morgan fingerprint density at radius 3 is 2.20 bits per heavy atom. The minimum Gasteiger partial charge on any atom is -0.379 e. The molecule has 0 heterocycles. The van der Waals surface area contributed by atoms with Crippen molar-refractivity contribution in [3.8, 4) is 0 Å². The van der Waals surface area contributed by atoms with Crippen molar-refractivity contribution in [1.82, 2.24) is 0 Å². The molecule has 92 valence electrons. The van der Waals surface area contributed by atoms with Gasteiger partial charge in [0, 0.05) is 6.61 Å². The van der Waals surface area contributed by atoms with E-state index in [1.807, 2.05) is 6.92 Å². The van der Waals surface area contributed by atoms with Gasteiger partial charge >= 0.3 is 15.6 Å². The van der Waals surface area contributed by atoms with Crippen molar-refractivity contribution in [3.05, 3.63) is 0 Å². The van der Waals surface area contributed by atoms with Crippen molar-refractivity contribution in [3.63, 3.8) is 0 Å². The zero-order valence-corrected chi connectivity index (χ0v) is 9.03. The number of unbranched alkanes of at least 4 members (excludes halogenated alkanes) is 1. The van der Waals surface area contributed by atoms with Gasteiger partial charge in [-0.25, -0.2) is 0 Å². The monoisotopic (exact) mass is 250 g/mol. The van der Waals surface area contributed by atoms with E-state index in [-0.39, 0.29) is 6.61 Å². The summed E-state index contributed by atoms with van der Waals surface area (Å²) in [5, 5.41) is 0. The van der Waals surface area contributed by atoms with Crippen LogP contribution in [0.5, 0.6) is 0 Å². The van der Waals surface area contributed by atoms with Crippen LogP contribution in [0.4, 0.5) is 13.2 Å². The van der Waals surface area contributed by atoms with E-state index in [1.54, 1.807) is 0 Å². The predicted octanol–water partition coefficient (Wildman–Crippen LogP) is 1.67. The topological polar surface area (TPSA) is 52.6 Å². The molecule has 0 aliphatic heterocycles. The second-order valence-corrected chi connectivity index (χ2v) is 4.29. The highest BCUT2D eigenvalue weighted by molar-refractivity contribution is 7.87. The van der Waals surface area contributed by atoms with Crippen molar-refractivity contribution >= 4 is 10.1 Å². The largest absolute Gasteiger partial charge is 0.523 e. The summed E-state index contributed by atoms with van der Waals surface area (Å²) in [4.78, 5) is 0. The lowest BCUT2D eigenvalue weighted by Crippen LogP contribution is -2.26. The van der Waals surface area contributed by atoms with Crippen molar-refractivity contribution in [2.45, 2.75) is 25.3 Å². The average molecular weight is 250 g/mol. The number of hydrogen-bond acceptors (Lipinski definition) is 4. The molecular weight excluding hydrogens is 237 g/mol. The van der Waals surface area contributed by atoms with E-state index >= 15 is 0 Å². The molecule has 0 fully saturated rings. The highest BCUT2D eigenvalue weighted by Gasteiger charge is 2.47. The van der Waals surface area contributed by atoms with Crippen LogP contribution in [0.1, 0.15) is 19.8 Å². The molecule has 0 bridgehead atoms. The van der Waals surface area contributed by atoms with Gasteiger partial charge in [0.2, 0.25) is 0 Å². The van der Waals surface area contributed by atoms with E-state index in [1.165, 1.54) is 0 Å². The van der Waals surface area contributed by atoms with Crippen LogP contribution in [0.2, 0.25) is 0 Å². The molecule has 0 aliphatic rings. The molecule has 0 N–H and O–H groups in total. The van der Waals surface area contributed by atoms with Gasteiger partial charge in [0.1, 0.15) is 0 Å². The number of rotatable bonds is 7. The van der Waals surface area contributed by atoms with Gasteiger partial charge in [0.05, 0.1) is 13.2 Å². The molecule has 15 heavy (non-hydrogen) atoms. The Morgan fingerprint density at radius 2 is 1.73 bits per heavy atom. The molecule has 0 aromatic rings. The number of halogens is 3. The summed E-state index contributed by atoms with van der Waals surface area (Å²) in [7, 11) is -5.47. The standard InChI is InChI=1S/C7H13F3O4S/c1-2-3-4-13-5-6-14-15(11,12)7(8,9)10/h2-6H2,1H3. The summed E-state index contributed by atoms with van der Waals surface area (Å²) in [6.07, 6.45) is 1.66. The lowest BCUT2D eigenvalue weighted by Gasteiger charge is -2.08. The molecule has 0 amide bonds. The lowest BCUT2D eigenvalue weighted by molar-refractivity contribution is -0.0555. The minimum absolute atomic E-state index is 0.171. The van der Waals surface area contributed by atoms with Gasteiger partial charge in [-0.05, 0) is 6.42 Å². The normalized spacial score (nSPS) is 13.1. The van der Waals surface area contributed by atoms with Gasteiger partial charge in [-0.15, -0.1) is 0 Å². The summed E-state index contributed by atoms with van der Waals surface area (Å²) in [5.41, 5.74) is -5.36. The van der Waals surface area contributed by atoms with Crippen LogP contribution in [-0.2, 0) is 19.0 Å². The zero-order chi connectivity index (χ0) is 11.9. The predicted molar refractivity (Wildman–Crippen MR) is 46.7 cm³/mol. The first-order valence-corrected chi connectivity index (χ1v) is 5.75. The van der Waals surface area contributed by atoms with Crippen LogP contribution < -0.4 is 0 Å². The van der Waals surface area contributed by atoms with Crippen LogP contribution in [0.15, 0.2) is 0 Å². The van der Waals surface area contributed by atoms with Crippen molar-refractivity contribution in [1.29, 1.82) is 0 Å². The number of ether oxygens (including phenoxy) is 1. The smallest absolute Gasteiger partial charge is 0.379 e. The fourth-order valence-corrected chi connectivity index (χ4v) is 1.04. The molecular formula is C7H13F3O4S. The van der Waals surface area contributed by atoms with Gasteiger partial charge < -0.3 is 4.74 Å². The van der Waals surface area contributed by atoms with Crippen molar-refractivity contribution in [2.24, 2.45) is 0 Å². The van der Waals surface area contributed by atoms with Crippen LogP contribution >= 0.6 is 0 Å². The van der Waals surface area contributed by atoms with Crippen LogP contribution in [0, 0.1) is 0 Å². The fourth-order valence-electron chi connectivity index (χ4n) is 0.618. The van der Waals surface area contributed by atoms with E-state index in [4.69, 9.17) is 4.74 Å². The maximum Gasteiger partial charge on any atom is 0.523 e. The van der Waals surface area contributed by atoms with Crippen LogP contribution in [-0.4, -0.2) is 33.7 Å². The second kappa shape index (κ2) is 6.29. The third-order valence-electron chi connectivity index (χ3n) is 1.39. The Kier molecular flexibility index (Phi) is 6.15. The number of alkyl halides is 3. The highest BCUT2D eigenvalue weighted by Crippen LogP contribution is 2.24.